The van der Waals surface area contributed by atoms with E-state index in [-0.39, 0.29) is 17.0 Å². The van der Waals surface area contributed by atoms with E-state index >= 15 is 0 Å². The zero-order valence-electron chi connectivity index (χ0n) is 10.9. The Morgan fingerprint density at radius 3 is 2.40 bits per heavy atom. The summed E-state index contributed by atoms with van der Waals surface area (Å²) in [7, 11) is 0. The van der Waals surface area contributed by atoms with Crippen LogP contribution < -0.4 is 0 Å². The zero-order valence-corrected chi connectivity index (χ0v) is 11.7. The van der Waals surface area contributed by atoms with Gasteiger partial charge in [-0.3, -0.25) is 4.79 Å². The maximum absolute atomic E-state index is 13.9. The molecule has 4 heteroatoms. The average Bonchev–Trinajstić information content (AvgIpc) is 2.43. The molecule has 0 spiro atoms. The Balaban J connectivity index is 2.48. The van der Waals surface area contributed by atoms with Crippen LogP contribution in [0.4, 0.5) is 4.39 Å². The Hall–Kier alpha value is -1.87. The minimum atomic E-state index is -1.23. The number of hydrogen-bond acceptors (Lipinski definition) is 1. The van der Waals surface area contributed by atoms with Crippen LogP contribution in [0, 0.1) is 5.82 Å². The van der Waals surface area contributed by atoms with Crippen LogP contribution in [-0.4, -0.2) is 11.1 Å². The van der Waals surface area contributed by atoms with Crippen molar-refractivity contribution in [3.05, 3.63) is 70.5 Å². The van der Waals surface area contributed by atoms with Gasteiger partial charge in [-0.25, -0.2) is 4.39 Å². The maximum Gasteiger partial charge on any atom is 0.314 e. The van der Waals surface area contributed by atoms with Crippen molar-refractivity contribution in [3.63, 3.8) is 0 Å². The number of halogens is 2. The average molecular weight is 293 g/mol. The van der Waals surface area contributed by atoms with Crippen LogP contribution in [0.1, 0.15) is 18.1 Å². The second kappa shape index (κ2) is 5.63. The standard InChI is InChI=1S/C16H14ClFO2/c1-16(15(19)20,11-6-3-2-4-7-11)10-12-13(17)8-5-9-14(12)18/h2-9H,10H2,1H3,(H,19,20). The molecule has 2 rings (SSSR count). The van der Waals surface area contributed by atoms with Crippen molar-refractivity contribution in [2.45, 2.75) is 18.8 Å². The molecule has 0 aliphatic rings. The molecule has 0 saturated carbocycles. The molecule has 0 radical (unpaired) electrons. The van der Waals surface area contributed by atoms with E-state index in [1.54, 1.807) is 37.3 Å². The number of aliphatic carboxylic acids is 1. The second-order valence-electron chi connectivity index (χ2n) is 4.88. The summed E-state index contributed by atoms with van der Waals surface area (Å²) in [6.45, 7) is 1.58. The summed E-state index contributed by atoms with van der Waals surface area (Å²) in [6, 6.07) is 13.1. The van der Waals surface area contributed by atoms with Crippen LogP contribution >= 0.6 is 11.6 Å². The molecule has 1 unspecified atom stereocenters. The topological polar surface area (TPSA) is 37.3 Å². The Labute approximate surface area is 121 Å². The van der Waals surface area contributed by atoms with Crippen molar-refractivity contribution >= 4 is 17.6 Å². The smallest absolute Gasteiger partial charge is 0.314 e. The molecule has 2 nitrogen and oxygen atoms in total. The van der Waals surface area contributed by atoms with Crippen molar-refractivity contribution in [2.75, 3.05) is 0 Å². The van der Waals surface area contributed by atoms with Crippen molar-refractivity contribution in [1.82, 2.24) is 0 Å². The number of hydrogen-bond donors (Lipinski definition) is 1. The molecule has 0 aromatic heterocycles. The summed E-state index contributed by atoms with van der Waals surface area (Å²) >= 11 is 5.99. The minimum absolute atomic E-state index is 0.00213. The SMILES string of the molecule is CC(Cc1c(F)cccc1Cl)(C(=O)O)c1ccccc1. The molecule has 2 aromatic carbocycles. The molecule has 0 aliphatic carbocycles. The molecular weight excluding hydrogens is 279 g/mol. The van der Waals surface area contributed by atoms with Gasteiger partial charge in [0.2, 0.25) is 0 Å². The number of rotatable bonds is 4. The normalized spacial score (nSPS) is 13.8. The molecule has 0 fully saturated rings. The van der Waals surface area contributed by atoms with E-state index < -0.39 is 17.2 Å². The minimum Gasteiger partial charge on any atom is -0.481 e. The predicted octanol–water partition coefficient (Wildman–Crippen LogP) is 4.06. The molecule has 0 heterocycles. The summed E-state index contributed by atoms with van der Waals surface area (Å²) in [4.78, 5) is 11.7. The first kappa shape index (κ1) is 14.5. The zero-order chi connectivity index (χ0) is 14.8. The van der Waals surface area contributed by atoms with Crippen LogP contribution in [0.15, 0.2) is 48.5 Å². The van der Waals surface area contributed by atoms with Gasteiger partial charge in [-0.1, -0.05) is 48.0 Å². The van der Waals surface area contributed by atoms with E-state index in [2.05, 4.69) is 0 Å². The van der Waals surface area contributed by atoms with Crippen LogP contribution in [0.5, 0.6) is 0 Å². The summed E-state index contributed by atoms with van der Waals surface area (Å²) in [5, 5.41) is 9.81. The Kier molecular flexibility index (Phi) is 4.09. The van der Waals surface area contributed by atoms with Crippen LogP contribution in [0.25, 0.3) is 0 Å². The van der Waals surface area contributed by atoms with Gasteiger partial charge in [0.05, 0.1) is 5.41 Å². The molecule has 104 valence electrons. The van der Waals surface area contributed by atoms with Gasteiger partial charge in [0, 0.05) is 10.6 Å². The van der Waals surface area contributed by atoms with E-state index in [4.69, 9.17) is 11.6 Å². The van der Waals surface area contributed by atoms with Gasteiger partial charge in [0.1, 0.15) is 5.82 Å². The lowest BCUT2D eigenvalue weighted by molar-refractivity contribution is -0.143. The van der Waals surface area contributed by atoms with E-state index in [1.165, 1.54) is 12.1 Å². The third-order valence-corrected chi connectivity index (χ3v) is 3.83. The van der Waals surface area contributed by atoms with Gasteiger partial charge in [0.25, 0.3) is 0 Å². The highest BCUT2D eigenvalue weighted by molar-refractivity contribution is 6.31. The Morgan fingerprint density at radius 2 is 1.85 bits per heavy atom. The van der Waals surface area contributed by atoms with Crippen LogP contribution in [-0.2, 0) is 16.6 Å². The highest BCUT2D eigenvalue weighted by Crippen LogP contribution is 2.32. The molecule has 0 bridgehead atoms. The van der Waals surface area contributed by atoms with Gasteiger partial charge in [-0.05, 0) is 31.0 Å². The van der Waals surface area contributed by atoms with E-state index in [1.807, 2.05) is 6.07 Å². The monoisotopic (exact) mass is 292 g/mol. The molecule has 0 saturated heterocycles. The first-order valence-electron chi connectivity index (χ1n) is 6.17. The van der Waals surface area contributed by atoms with Gasteiger partial charge in [0.15, 0.2) is 0 Å². The summed E-state index contributed by atoms with van der Waals surface area (Å²) in [5.74, 6) is -1.50. The van der Waals surface area contributed by atoms with Crippen molar-refractivity contribution in [2.24, 2.45) is 0 Å². The maximum atomic E-state index is 13.9. The Bertz CT molecular complexity index is 607. The summed E-state index contributed by atoms with van der Waals surface area (Å²) in [6.07, 6.45) is -0.00213. The lowest BCUT2D eigenvalue weighted by Gasteiger charge is -2.26. The highest BCUT2D eigenvalue weighted by Gasteiger charge is 2.36. The number of carboxylic acids is 1. The van der Waals surface area contributed by atoms with Crippen LogP contribution in [0.2, 0.25) is 5.02 Å². The molecule has 20 heavy (non-hydrogen) atoms. The summed E-state index contributed by atoms with van der Waals surface area (Å²) < 4.78 is 13.9. The number of carboxylic acid groups (broad SMARTS) is 1. The van der Waals surface area contributed by atoms with E-state index in [0.717, 1.165) is 0 Å². The lowest BCUT2D eigenvalue weighted by atomic mass is 9.77. The van der Waals surface area contributed by atoms with E-state index in [9.17, 15) is 14.3 Å². The third-order valence-electron chi connectivity index (χ3n) is 3.47. The van der Waals surface area contributed by atoms with E-state index in [0.29, 0.717) is 5.56 Å². The molecule has 0 aliphatic heterocycles. The molecule has 0 amide bonds. The predicted molar refractivity (Wildman–Crippen MR) is 76.5 cm³/mol. The fraction of sp³-hybridized carbons (Fsp3) is 0.188. The fourth-order valence-corrected chi connectivity index (χ4v) is 2.39. The summed E-state index contributed by atoms with van der Waals surface area (Å²) in [5.41, 5.74) is -0.387. The van der Waals surface area contributed by atoms with Gasteiger partial charge < -0.3 is 5.11 Å². The Morgan fingerprint density at radius 1 is 1.20 bits per heavy atom. The first-order valence-corrected chi connectivity index (χ1v) is 6.55. The van der Waals surface area contributed by atoms with Crippen molar-refractivity contribution < 1.29 is 14.3 Å². The molecule has 2 aromatic rings. The molecule has 1 atom stereocenters. The second-order valence-corrected chi connectivity index (χ2v) is 5.29. The van der Waals surface area contributed by atoms with Crippen molar-refractivity contribution in [1.29, 1.82) is 0 Å². The quantitative estimate of drug-likeness (QED) is 0.922. The number of benzene rings is 2. The van der Waals surface area contributed by atoms with Crippen molar-refractivity contribution in [3.8, 4) is 0 Å². The molecular formula is C16H14ClFO2. The van der Waals surface area contributed by atoms with Gasteiger partial charge in [-0.15, -0.1) is 0 Å². The first-order chi connectivity index (χ1) is 9.45. The molecule has 1 N–H and O–H groups in total. The largest absolute Gasteiger partial charge is 0.481 e. The van der Waals surface area contributed by atoms with Crippen LogP contribution in [0.3, 0.4) is 0 Å². The lowest BCUT2D eigenvalue weighted by Crippen LogP contribution is -2.35. The fourth-order valence-electron chi connectivity index (χ4n) is 2.16. The third kappa shape index (κ3) is 2.68. The van der Waals surface area contributed by atoms with Gasteiger partial charge in [-0.2, -0.15) is 0 Å². The van der Waals surface area contributed by atoms with Gasteiger partial charge >= 0.3 is 5.97 Å². The highest BCUT2D eigenvalue weighted by atomic mass is 35.5. The number of carbonyl (C=O) groups is 1.